The summed E-state index contributed by atoms with van der Waals surface area (Å²) in [4.78, 5) is 12.7. The van der Waals surface area contributed by atoms with Gasteiger partial charge in [0, 0.05) is 17.1 Å². The van der Waals surface area contributed by atoms with E-state index in [1.54, 1.807) is 6.92 Å². The fourth-order valence-electron chi connectivity index (χ4n) is 0.995. The molecule has 0 saturated heterocycles. The third kappa shape index (κ3) is 9.28. The zero-order valence-corrected chi connectivity index (χ0v) is 12.8. The first kappa shape index (κ1) is 17.7. The smallest absolute Gasteiger partial charge is 0.333 e. The Hall–Kier alpha value is -1.32. The predicted octanol–water partition coefficient (Wildman–Crippen LogP) is 3.32. The molecule has 4 heteroatoms. The SMILES string of the molecule is C=C(C)C(=O)OCCN(C)C.Cc1ccccc1Cl. The Kier molecular flexibility index (Phi) is 8.92. The van der Waals surface area contributed by atoms with Crippen LogP contribution in [0, 0.1) is 6.92 Å². The Bertz CT molecular complexity index is 395. The van der Waals surface area contributed by atoms with E-state index in [2.05, 4.69) is 6.58 Å². The van der Waals surface area contributed by atoms with E-state index >= 15 is 0 Å². The monoisotopic (exact) mass is 283 g/mol. The van der Waals surface area contributed by atoms with E-state index < -0.39 is 0 Å². The fourth-order valence-corrected chi connectivity index (χ4v) is 1.13. The Morgan fingerprint density at radius 3 is 2.32 bits per heavy atom. The molecule has 1 aromatic carbocycles. The van der Waals surface area contributed by atoms with Gasteiger partial charge >= 0.3 is 5.97 Å². The van der Waals surface area contributed by atoms with Crippen LogP contribution in [-0.2, 0) is 9.53 Å². The van der Waals surface area contributed by atoms with Crippen LogP contribution in [0.2, 0.25) is 5.02 Å². The molecular formula is C15H22ClNO2. The minimum atomic E-state index is -0.313. The molecule has 0 spiro atoms. The molecule has 0 unspecified atom stereocenters. The number of benzene rings is 1. The molecule has 0 radical (unpaired) electrons. The maximum absolute atomic E-state index is 10.8. The molecule has 19 heavy (non-hydrogen) atoms. The number of rotatable bonds is 4. The van der Waals surface area contributed by atoms with Crippen LogP contribution >= 0.6 is 11.6 Å². The highest BCUT2D eigenvalue weighted by Gasteiger charge is 2.01. The predicted molar refractivity (Wildman–Crippen MR) is 80.5 cm³/mol. The van der Waals surface area contributed by atoms with Gasteiger partial charge in [-0.15, -0.1) is 0 Å². The van der Waals surface area contributed by atoms with Gasteiger partial charge in [-0.1, -0.05) is 36.4 Å². The van der Waals surface area contributed by atoms with E-state index in [1.165, 1.54) is 0 Å². The zero-order chi connectivity index (χ0) is 14.8. The summed E-state index contributed by atoms with van der Waals surface area (Å²) in [6.07, 6.45) is 0. The molecule has 0 aromatic heterocycles. The normalized spacial score (nSPS) is 9.58. The van der Waals surface area contributed by atoms with Crippen molar-refractivity contribution in [3.8, 4) is 0 Å². The second kappa shape index (κ2) is 9.59. The van der Waals surface area contributed by atoms with Crippen LogP contribution in [0.25, 0.3) is 0 Å². The summed E-state index contributed by atoms with van der Waals surface area (Å²) in [5.41, 5.74) is 1.58. The van der Waals surface area contributed by atoms with Gasteiger partial charge in [-0.25, -0.2) is 4.79 Å². The summed E-state index contributed by atoms with van der Waals surface area (Å²) in [6, 6.07) is 7.77. The standard InChI is InChI=1S/C8H15NO2.C7H7Cl/c1-7(2)8(10)11-6-5-9(3)4;1-6-4-2-3-5-7(6)8/h1,5-6H2,2-4H3;2-5H,1H3. The van der Waals surface area contributed by atoms with E-state index in [0.29, 0.717) is 12.2 Å². The van der Waals surface area contributed by atoms with Crippen molar-refractivity contribution < 1.29 is 9.53 Å². The molecule has 106 valence electrons. The van der Waals surface area contributed by atoms with Crippen molar-refractivity contribution in [1.82, 2.24) is 4.90 Å². The van der Waals surface area contributed by atoms with Gasteiger partial charge in [0.1, 0.15) is 6.61 Å². The number of esters is 1. The molecule has 1 aromatic rings. The average molecular weight is 284 g/mol. The first-order valence-corrected chi connectivity index (χ1v) is 6.41. The number of hydrogen-bond donors (Lipinski definition) is 0. The van der Waals surface area contributed by atoms with Crippen LogP contribution in [0.3, 0.4) is 0 Å². The van der Waals surface area contributed by atoms with E-state index in [1.807, 2.05) is 50.2 Å². The lowest BCUT2D eigenvalue weighted by Gasteiger charge is -2.09. The summed E-state index contributed by atoms with van der Waals surface area (Å²) in [6.45, 7) is 8.27. The van der Waals surface area contributed by atoms with E-state index in [-0.39, 0.29) is 5.97 Å². The fraction of sp³-hybridized carbons (Fsp3) is 0.400. The average Bonchev–Trinajstić information content (AvgIpc) is 2.33. The Labute approximate surface area is 120 Å². The molecule has 0 heterocycles. The highest BCUT2D eigenvalue weighted by atomic mass is 35.5. The van der Waals surface area contributed by atoms with Crippen molar-refractivity contribution in [2.45, 2.75) is 13.8 Å². The molecule has 1 rings (SSSR count). The second-order valence-corrected chi connectivity index (χ2v) is 4.88. The third-order valence-electron chi connectivity index (χ3n) is 2.20. The first-order chi connectivity index (χ1) is 8.84. The molecule has 3 nitrogen and oxygen atoms in total. The Morgan fingerprint density at radius 1 is 1.37 bits per heavy atom. The summed E-state index contributed by atoms with van der Waals surface area (Å²) in [5, 5.41) is 0.840. The molecule has 0 amide bonds. The molecular weight excluding hydrogens is 262 g/mol. The lowest BCUT2D eigenvalue weighted by atomic mass is 10.2. The number of carbonyl (C=O) groups excluding carboxylic acids is 1. The number of hydrogen-bond acceptors (Lipinski definition) is 3. The van der Waals surface area contributed by atoms with Gasteiger partial charge in [0.05, 0.1) is 0 Å². The molecule has 0 bridgehead atoms. The van der Waals surface area contributed by atoms with Crippen LogP contribution in [0.1, 0.15) is 12.5 Å². The number of carbonyl (C=O) groups is 1. The number of nitrogens with zero attached hydrogens (tertiary/aromatic N) is 1. The maximum Gasteiger partial charge on any atom is 0.333 e. The second-order valence-electron chi connectivity index (χ2n) is 4.47. The van der Waals surface area contributed by atoms with Gasteiger partial charge in [-0.2, -0.15) is 0 Å². The quantitative estimate of drug-likeness (QED) is 0.627. The van der Waals surface area contributed by atoms with Crippen LogP contribution in [0.4, 0.5) is 0 Å². The van der Waals surface area contributed by atoms with Crippen molar-refractivity contribution >= 4 is 17.6 Å². The van der Waals surface area contributed by atoms with Crippen molar-refractivity contribution in [3.05, 3.63) is 47.0 Å². The highest BCUT2D eigenvalue weighted by Crippen LogP contribution is 2.11. The van der Waals surface area contributed by atoms with Gasteiger partial charge in [-0.3, -0.25) is 0 Å². The molecule has 0 N–H and O–H groups in total. The van der Waals surface area contributed by atoms with Crippen molar-refractivity contribution in [2.24, 2.45) is 0 Å². The number of halogens is 1. The molecule has 0 aliphatic rings. The Balaban J connectivity index is 0.000000356. The topological polar surface area (TPSA) is 29.5 Å². The summed E-state index contributed by atoms with van der Waals surface area (Å²) in [7, 11) is 3.85. The van der Waals surface area contributed by atoms with E-state index in [4.69, 9.17) is 16.3 Å². The summed E-state index contributed by atoms with van der Waals surface area (Å²) < 4.78 is 4.83. The minimum Gasteiger partial charge on any atom is -0.461 e. The van der Waals surface area contributed by atoms with E-state index in [9.17, 15) is 4.79 Å². The van der Waals surface area contributed by atoms with Gasteiger partial charge in [-0.05, 0) is 39.6 Å². The molecule has 0 atom stereocenters. The molecule has 0 saturated carbocycles. The summed E-state index contributed by atoms with van der Waals surface area (Å²) >= 11 is 5.71. The van der Waals surface area contributed by atoms with Gasteiger partial charge < -0.3 is 9.64 Å². The molecule has 0 aliphatic carbocycles. The first-order valence-electron chi connectivity index (χ1n) is 6.03. The van der Waals surface area contributed by atoms with Gasteiger partial charge in [0.2, 0.25) is 0 Å². The van der Waals surface area contributed by atoms with Crippen LogP contribution in [-0.4, -0.2) is 38.1 Å². The van der Waals surface area contributed by atoms with Gasteiger partial charge in [0.25, 0.3) is 0 Å². The summed E-state index contributed by atoms with van der Waals surface area (Å²) in [5.74, 6) is -0.313. The highest BCUT2D eigenvalue weighted by molar-refractivity contribution is 6.31. The Morgan fingerprint density at radius 2 is 1.95 bits per heavy atom. The molecule has 0 fully saturated rings. The zero-order valence-electron chi connectivity index (χ0n) is 12.1. The largest absolute Gasteiger partial charge is 0.461 e. The van der Waals surface area contributed by atoms with E-state index in [0.717, 1.165) is 17.1 Å². The van der Waals surface area contributed by atoms with Crippen LogP contribution in [0.15, 0.2) is 36.4 Å². The van der Waals surface area contributed by atoms with Gasteiger partial charge in [0.15, 0.2) is 0 Å². The minimum absolute atomic E-state index is 0.313. The third-order valence-corrected chi connectivity index (χ3v) is 2.62. The lowest BCUT2D eigenvalue weighted by molar-refractivity contribution is -0.139. The maximum atomic E-state index is 10.8. The molecule has 0 aliphatic heterocycles. The van der Waals surface area contributed by atoms with Crippen LogP contribution in [0.5, 0.6) is 0 Å². The van der Waals surface area contributed by atoms with Crippen molar-refractivity contribution in [3.63, 3.8) is 0 Å². The lowest BCUT2D eigenvalue weighted by Crippen LogP contribution is -2.20. The number of aryl methyl sites for hydroxylation is 1. The van der Waals surface area contributed by atoms with Crippen LogP contribution < -0.4 is 0 Å². The van der Waals surface area contributed by atoms with Crippen molar-refractivity contribution in [2.75, 3.05) is 27.2 Å². The number of ether oxygens (including phenoxy) is 1. The number of likely N-dealkylation sites (N-methyl/N-ethyl adjacent to an activating group) is 1. The van der Waals surface area contributed by atoms with Crippen molar-refractivity contribution in [1.29, 1.82) is 0 Å².